The second-order valence-corrected chi connectivity index (χ2v) is 8.88. The first kappa shape index (κ1) is 23.7. The summed E-state index contributed by atoms with van der Waals surface area (Å²) < 4.78 is 0. The molecule has 0 saturated carbocycles. The molecule has 2 aromatic carbocycles. The third-order valence-electron chi connectivity index (χ3n) is 6.06. The molecule has 0 spiro atoms. The monoisotopic (exact) mass is 434 g/mol. The van der Waals surface area contributed by atoms with Crippen LogP contribution in [0.25, 0.3) is 0 Å². The normalized spacial score (nSPS) is 14.0. The van der Waals surface area contributed by atoms with Crippen LogP contribution >= 0.6 is 0 Å². The van der Waals surface area contributed by atoms with E-state index in [2.05, 4.69) is 31.3 Å². The van der Waals surface area contributed by atoms with E-state index in [-0.39, 0.29) is 23.8 Å². The molecule has 1 heterocycles. The summed E-state index contributed by atoms with van der Waals surface area (Å²) >= 11 is 0. The molecule has 0 aliphatic carbocycles. The standard InChI is InChI=1S/C27H34N2O3/c1-20(2)25(21-14-8-7-9-15-21)28-24(30)18-10-5-3-4-6-13-19-29-26(31)22-16-11-12-17-23(22)27(29)32/h7-9,11-12,14-17,20,25H,3-6,10,13,18-19H2,1-2H3,(H,28,30)/t25-/m1/s1. The quantitative estimate of drug-likeness (QED) is 0.353. The summed E-state index contributed by atoms with van der Waals surface area (Å²) in [6.45, 7) is 4.73. The maximum Gasteiger partial charge on any atom is 0.261 e. The largest absolute Gasteiger partial charge is 0.349 e. The Bertz CT molecular complexity index is 889. The summed E-state index contributed by atoms with van der Waals surface area (Å²) in [6.07, 6.45) is 6.33. The van der Waals surface area contributed by atoms with Gasteiger partial charge < -0.3 is 5.32 Å². The lowest BCUT2D eigenvalue weighted by Crippen LogP contribution is -2.31. The van der Waals surface area contributed by atoms with Crippen molar-refractivity contribution in [3.63, 3.8) is 0 Å². The van der Waals surface area contributed by atoms with Crippen LogP contribution in [0.4, 0.5) is 0 Å². The number of hydrogen-bond acceptors (Lipinski definition) is 3. The number of fused-ring (bicyclic) bond motifs is 1. The maximum absolute atomic E-state index is 12.4. The van der Waals surface area contributed by atoms with Gasteiger partial charge >= 0.3 is 0 Å². The molecule has 0 aromatic heterocycles. The van der Waals surface area contributed by atoms with Gasteiger partial charge in [0.15, 0.2) is 0 Å². The second-order valence-electron chi connectivity index (χ2n) is 8.88. The van der Waals surface area contributed by atoms with Gasteiger partial charge in [-0.1, -0.05) is 82.0 Å². The number of hydrogen-bond donors (Lipinski definition) is 1. The van der Waals surface area contributed by atoms with Gasteiger partial charge in [0.2, 0.25) is 5.91 Å². The highest BCUT2D eigenvalue weighted by Gasteiger charge is 2.34. The summed E-state index contributed by atoms with van der Waals surface area (Å²) in [5, 5.41) is 3.18. The number of imide groups is 1. The molecule has 3 rings (SSSR count). The van der Waals surface area contributed by atoms with Gasteiger partial charge in [0, 0.05) is 13.0 Å². The SMILES string of the molecule is CC(C)[C@@H](NC(=O)CCCCCCCCN1C(=O)c2ccccc2C1=O)c1ccccc1. The fourth-order valence-electron chi connectivity index (χ4n) is 4.25. The lowest BCUT2D eigenvalue weighted by Gasteiger charge is -2.23. The molecule has 3 amide bonds. The van der Waals surface area contributed by atoms with Gasteiger partial charge in [0.25, 0.3) is 11.8 Å². The van der Waals surface area contributed by atoms with Crippen LogP contribution in [0, 0.1) is 5.92 Å². The zero-order chi connectivity index (χ0) is 22.9. The number of carbonyl (C=O) groups excluding carboxylic acids is 3. The molecule has 0 fully saturated rings. The minimum absolute atomic E-state index is 0.0471. The Morgan fingerprint density at radius 1 is 0.781 bits per heavy atom. The molecule has 1 aliphatic heterocycles. The fraction of sp³-hybridized carbons (Fsp3) is 0.444. The summed E-state index contributed by atoms with van der Waals surface area (Å²) in [4.78, 5) is 38.5. The lowest BCUT2D eigenvalue weighted by molar-refractivity contribution is -0.122. The average molecular weight is 435 g/mol. The summed E-state index contributed by atoms with van der Waals surface area (Å²) in [6, 6.07) is 17.2. The summed E-state index contributed by atoms with van der Waals surface area (Å²) in [5.41, 5.74) is 2.18. The van der Waals surface area contributed by atoms with Crippen molar-refractivity contribution < 1.29 is 14.4 Å². The molecule has 0 bridgehead atoms. The minimum atomic E-state index is -0.174. The Morgan fingerprint density at radius 2 is 1.31 bits per heavy atom. The van der Waals surface area contributed by atoms with E-state index in [0.717, 1.165) is 44.1 Å². The van der Waals surface area contributed by atoms with Gasteiger partial charge in [0.1, 0.15) is 0 Å². The number of rotatable bonds is 12. The van der Waals surface area contributed by atoms with Crippen molar-refractivity contribution in [3.05, 3.63) is 71.3 Å². The van der Waals surface area contributed by atoms with Crippen molar-refractivity contribution in [3.8, 4) is 0 Å². The van der Waals surface area contributed by atoms with Crippen molar-refractivity contribution in [2.45, 2.75) is 64.8 Å². The third-order valence-corrected chi connectivity index (χ3v) is 6.06. The summed E-state index contributed by atoms with van der Waals surface area (Å²) in [7, 11) is 0. The maximum atomic E-state index is 12.4. The Hall–Kier alpha value is -2.95. The van der Waals surface area contributed by atoms with Crippen molar-refractivity contribution in [1.82, 2.24) is 10.2 Å². The highest BCUT2D eigenvalue weighted by molar-refractivity contribution is 6.21. The molecule has 0 radical (unpaired) electrons. The van der Waals surface area contributed by atoms with Crippen molar-refractivity contribution in [1.29, 1.82) is 0 Å². The molecular weight excluding hydrogens is 400 g/mol. The Labute approximate surface area is 191 Å². The molecule has 2 aromatic rings. The van der Waals surface area contributed by atoms with E-state index in [4.69, 9.17) is 0 Å². The van der Waals surface area contributed by atoms with E-state index in [9.17, 15) is 14.4 Å². The van der Waals surface area contributed by atoms with E-state index < -0.39 is 0 Å². The number of benzene rings is 2. The van der Waals surface area contributed by atoms with Crippen LogP contribution in [0.1, 0.15) is 91.1 Å². The third kappa shape index (κ3) is 6.06. The minimum Gasteiger partial charge on any atom is -0.349 e. The van der Waals surface area contributed by atoms with Gasteiger partial charge in [0.05, 0.1) is 17.2 Å². The average Bonchev–Trinajstić information content (AvgIpc) is 3.04. The van der Waals surface area contributed by atoms with E-state index >= 15 is 0 Å². The molecule has 1 atom stereocenters. The predicted octanol–water partition coefficient (Wildman–Crippen LogP) is 5.53. The van der Waals surface area contributed by atoms with Gasteiger partial charge in [-0.15, -0.1) is 0 Å². The number of carbonyl (C=O) groups is 3. The Balaban J connectivity index is 1.28. The first-order chi connectivity index (χ1) is 15.5. The lowest BCUT2D eigenvalue weighted by atomic mass is 9.96. The van der Waals surface area contributed by atoms with Crippen LogP contribution in [0.2, 0.25) is 0 Å². The first-order valence-electron chi connectivity index (χ1n) is 11.8. The van der Waals surface area contributed by atoms with Crippen LogP contribution < -0.4 is 5.32 Å². The van der Waals surface area contributed by atoms with Crippen molar-refractivity contribution in [2.75, 3.05) is 6.54 Å². The molecule has 170 valence electrons. The number of unbranched alkanes of at least 4 members (excludes halogenated alkanes) is 5. The topological polar surface area (TPSA) is 66.5 Å². The molecule has 5 heteroatoms. The number of amides is 3. The molecule has 5 nitrogen and oxygen atoms in total. The van der Waals surface area contributed by atoms with Gasteiger partial charge in [-0.05, 0) is 36.5 Å². The zero-order valence-corrected chi connectivity index (χ0v) is 19.2. The number of nitrogens with one attached hydrogen (secondary N) is 1. The van der Waals surface area contributed by atoms with E-state index in [1.807, 2.05) is 18.2 Å². The fourth-order valence-corrected chi connectivity index (χ4v) is 4.25. The Kier molecular flexibility index (Phi) is 8.60. The van der Waals surface area contributed by atoms with Crippen molar-refractivity contribution >= 4 is 17.7 Å². The zero-order valence-electron chi connectivity index (χ0n) is 19.2. The Morgan fingerprint density at radius 3 is 1.91 bits per heavy atom. The predicted molar refractivity (Wildman–Crippen MR) is 126 cm³/mol. The molecular formula is C27H34N2O3. The molecule has 1 aliphatic rings. The second kappa shape index (κ2) is 11.6. The molecule has 0 saturated heterocycles. The molecule has 32 heavy (non-hydrogen) atoms. The van der Waals surface area contributed by atoms with Gasteiger partial charge in [-0.3, -0.25) is 19.3 Å². The van der Waals surface area contributed by atoms with Crippen LogP contribution in [-0.2, 0) is 4.79 Å². The van der Waals surface area contributed by atoms with E-state index in [1.165, 1.54) is 4.90 Å². The summed E-state index contributed by atoms with van der Waals surface area (Å²) in [5.74, 6) is 0.0975. The first-order valence-corrected chi connectivity index (χ1v) is 11.8. The van der Waals surface area contributed by atoms with Crippen LogP contribution in [-0.4, -0.2) is 29.2 Å². The van der Waals surface area contributed by atoms with Gasteiger partial charge in [-0.25, -0.2) is 0 Å². The van der Waals surface area contributed by atoms with Crippen molar-refractivity contribution in [2.24, 2.45) is 5.92 Å². The smallest absolute Gasteiger partial charge is 0.261 e. The van der Waals surface area contributed by atoms with E-state index in [0.29, 0.717) is 30.0 Å². The highest BCUT2D eigenvalue weighted by atomic mass is 16.2. The highest BCUT2D eigenvalue weighted by Crippen LogP contribution is 2.23. The van der Waals surface area contributed by atoms with Gasteiger partial charge in [-0.2, -0.15) is 0 Å². The van der Waals surface area contributed by atoms with Crippen LogP contribution in [0.3, 0.4) is 0 Å². The molecule has 0 unspecified atom stereocenters. The van der Waals surface area contributed by atoms with Crippen LogP contribution in [0.5, 0.6) is 0 Å². The van der Waals surface area contributed by atoms with Crippen LogP contribution in [0.15, 0.2) is 54.6 Å². The molecule has 1 N–H and O–H groups in total. The van der Waals surface area contributed by atoms with E-state index in [1.54, 1.807) is 24.3 Å². The number of nitrogens with zero attached hydrogens (tertiary/aromatic N) is 1.